The lowest BCUT2D eigenvalue weighted by Crippen LogP contribution is -2.42. The predicted octanol–water partition coefficient (Wildman–Crippen LogP) is 0.167. The third-order valence-electron chi connectivity index (χ3n) is 3.42. The maximum atomic E-state index is 10.9. The quantitative estimate of drug-likeness (QED) is 0.683. The molecule has 0 radical (unpaired) electrons. The molecule has 0 aromatic carbocycles. The zero-order chi connectivity index (χ0) is 11.4. The van der Waals surface area contributed by atoms with E-state index in [4.69, 9.17) is 11.5 Å². The van der Waals surface area contributed by atoms with Crippen LogP contribution in [0.4, 0.5) is 0 Å². The zero-order valence-corrected chi connectivity index (χ0v) is 9.78. The molecule has 0 aliphatic carbocycles. The van der Waals surface area contributed by atoms with Crippen LogP contribution in [-0.4, -0.2) is 36.5 Å². The molecule has 4 nitrogen and oxygen atoms in total. The molecule has 2 unspecified atom stereocenters. The number of likely N-dealkylation sites (tertiary alicyclic amines) is 1. The molecule has 0 spiro atoms. The molecule has 1 amide bonds. The molecule has 1 fully saturated rings. The highest BCUT2D eigenvalue weighted by Crippen LogP contribution is 2.25. The van der Waals surface area contributed by atoms with Crippen LogP contribution in [0.2, 0.25) is 0 Å². The highest BCUT2D eigenvalue weighted by molar-refractivity contribution is 5.74. The van der Waals surface area contributed by atoms with E-state index in [1.807, 2.05) is 0 Å². The van der Waals surface area contributed by atoms with Crippen LogP contribution in [0.5, 0.6) is 0 Å². The van der Waals surface area contributed by atoms with Gasteiger partial charge in [-0.3, -0.25) is 9.69 Å². The van der Waals surface area contributed by atoms with E-state index < -0.39 is 0 Å². The van der Waals surface area contributed by atoms with Crippen molar-refractivity contribution in [3.05, 3.63) is 0 Å². The van der Waals surface area contributed by atoms with E-state index in [2.05, 4.69) is 18.7 Å². The first-order chi connectivity index (χ1) is 7.04. The first-order valence-electron chi connectivity index (χ1n) is 5.77. The van der Waals surface area contributed by atoms with Crippen molar-refractivity contribution in [3.63, 3.8) is 0 Å². The van der Waals surface area contributed by atoms with Crippen molar-refractivity contribution < 1.29 is 4.79 Å². The summed E-state index contributed by atoms with van der Waals surface area (Å²) in [5.41, 5.74) is 10.9. The van der Waals surface area contributed by atoms with Crippen LogP contribution < -0.4 is 11.5 Å². The third-order valence-corrected chi connectivity index (χ3v) is 3.42. The molecule has 1 saturated heterocycles. The Kier molecular flexibility index (Phi) is 4.54. The number of hydrogen-bond donors (Lipinski definition) is 2. The molecule has 0 bridgehead atoms. The second-order valence-electron chi connectivity index (χ2n) is 4.85. The Morgan fingerprint density at radius 1 is 1.53 bits per heavy atom. The number of carbonyl (C=O) groups excluding carboxylic acids is 1. The van der Waals surface area contributed by atoms with Gasteiger partial charge in [-0.2, -0.15) is 0 Å². The third kappa shape index (κ3) is 3.47. The van der Waals surface area contributed by atoms with E-state index in [0.29, 0.717) is 18.9 Å². The van der Waals surface area contributed by atoms with Crippen molar-refractivity contribution in [1.82, 2.24) is 4.90 Å². The van der Waals surface area contributed by atoms with Gasteiger partial charge in [0.25, 0.3) is 0 Å². The molecular formula is C11H23N3O. The van der Waals surface area contributed by atoms with Gasteiger partial charge >= 0.3 is 0 Å². The average Bonchev–Trinajstić information content (AvgIpc) is 2.62. The van der Waals surface area contributed by atoms with Crippen LogP contribution in [0.25, 0.3) is 0 Å². The van der Waals surface area contributed by atoms with Crippen molar-refractivity contribution in [2.45, 2.75) is 32.7 Å². The Bertz CT molecular complexity index is 218. The summed E-state index contributed by atoms with van der Waals surface area (Å²) in [6.07, 6.45) is 1.61. The fourth-order valence-electron chi connectivity index (χ4n) is 2.28. The van der Waals surface area contributed by atoms with Crippen LogP contribution in [0.3, 0.4) is 0 Å². The minimum atomic E-state index is -0.251. The minimum absolute atomic E-state index is 0.145. The summed E-state index contributed by atoms with van der Waals surface area (Å²) in [6.45, 7) is 7.14. The van der Waals surface area contributed by atoms with Crippen molar-refractivity contribution in [1.29, 1.82) is 0 Å². The number of amides is 1. The monoisotopic (exact) mass is 213 g/mol. The van der Waals surface area contributed by atoms with Gasteiger partial charge in [-0.25, -0.2) is 0 Å². The second kappa shape index (κ2) is 5.47. The topological polar surface area (TPSA) is 72.3 Å². The molecule has 0 aromatic rings. The summed E-state index contributed by atoms with van der Waals surface area (Å²) in [4.78, 5) is 13.2. The number of rotatable bonds is 5. The Balaban J connectivity index is 2.46. The number of nitrogens with two attached hydrogens (primary N) is 2. The van der Waals surface area contributed by atoms with E-state index in [0.717, 1.165) is 19.0 Å². The molecule has 4 heteroatoms. The summed E-state index contributed by atoms with van der Waals surface area (Å²) < 4.78 is 0. The molecule has 0 aromatic heterocycles. The van der Waals surface area contributed by atoms with Gasteiger partial charge in [-0.05, 0) is 24.8 Å². The lowest BCUT2D eigenvalue weighted by Gasteiger charge is -2.26. The Morgan fingerprint density at radius 3 is 2.60 bits per heavy atom. The van der Waals surface area contributed by atoms with Gasteiger partial charge in [0.15, 0.2) is 0 Å². The van der Waals surface area contributed by atoms with Crippen LogP contribution in [-0.2, 0) is 4.79 Å². The van der Waals surface area contributed by atoms with Gasteiger partial charge in [0.2, 0.25) is 5.91 Å². The van der Waals surface area contributed by atoms with Crippen molar-refractivity contribution in [2.24, 2.45) is 23.3 Å². The van der Waals surface area contributed by atoms with E-state index in [9.17, 15) is 4.79 Å². The van der Waals surface area contributed by atoms with E-state index in [-0.39, 0.29) is 11.9 Å². The highest BCUT2D eigenvalue weighted by Gasteiger charge is 2.29. The molecule has 88 valence electrons. The first-order valence-corrected chi connectivity index (χ1v) is 5.77. The second-order valence-corrected chi connectivity index (χ2v) is 4.85. The van der Waals surface area contributed by atoms with Gasteiger partial charge < -0.3 is 11.5 Å². The van der Waals surface area contributed by atoms with Gasteiger partial charge in [0.05, 0.1) is 0 Å². The van der Waals surface area contributed by atoms with Gasteiger partial charge in [0.1, 0.15) is 0 Å². The molecule has 2 atom stereocenters. The van der Waals surface area contributed by atoms with Crippen molar-refractivity contribution in [2.75, 3.05) is 19.6 Å². The van der Waals surface area contributed by atoms with Crippen LogP contribution in [0.15, 0.2) is 0 Å². The van der Waals surface area contributed by atoms with Crippen LogP contribution >= 0.6 is 0 Å². The van der Waals surface area contributed by atoms with Crippen LogP contribution in [0, 0.1) is 11.8 Å². The normalized spacial score (nSPS) is 24.7. The van der Waals surface area contributed by atoms with Crippen LogP contribution in [0.1, 0.15) is 26.7 Å². The summed E-state index contributed by atoms with van der Waals surface area (Å²) in [7, 11) is 0. The minimum Gasteiger partial charge on any atom is -0.370 e. The van der Waals surface area contributed by atoms with E-state index in [1.165, 1.54) is 6.42 Å². The number of carbonyl (C=O) groups is 1. The largest absolute Gasteiger partial charge is 0.370 e. The number of hydrogen-bond acceptors (Lipinski definition) is 3. The maximum absolute atomic E-state index is 10.9. The highest BCUT2D eigenvalue weighted by atomic mass is 16.1. The molecule has 1 rings (SSSR count). The Hall–Kier alpha value is -0.610. The molecule has 15 heavy (non-hydrogen) atoms. The average molecular weight is 213 g/mol. The van der Waals surface area contributed by atoms with Gasteiger partial charge in [0, 0.05) is 25.6 Å². The molecule has 4 N–H and O–H groups in total. The van der Waals surface area contributed by atoms with Gasteiger partial charge in [-0.1, -0.05) is 13.8 Å². The summed E-state index contributed by atoms with van der Waals surface area (Å²) >= 11 is 0. The lowest BCUT2D eigenvalue weighted by atomic mass is 9.95. The summed E-state index contributed by atoms with van der Waals surface area (Å²) in [5.74, 6) is 1.20. The molecule has 1 aliphatic rings. The standard InChI is InChI=1S/C11H23N3O/c1-8(2)9-3-4-14(7-9)10(6-12)5-11(13)15/h8-10H,3-7,12H2,1-2H3,(H2,13,15). The fourth-order valence-corrected chi connectivity index (χ4v) is 2.28. The molecule has 0 saturated carbocycles. The van der Waals surface area contributed by atoms with Gasteiger partial charge in [-0.15, -0.1) is 0 Å². The lowest BCUT2D eigenvalue weighted by molar-refractivity contribution is -0.119. The number of primary amides is 1. The zero-order valence-electron chi connectivity index (χ0n) is 9.78. The maximum Gasteiger partial charge on any atom is 0.219 e. The Morgan fingerprint density at radius 2 is 2.20 bits per heavy atom. The van der Waals surface area contributed by atoms with Crippen molar-refractivity contribution >= 4 is 5.91 Å². The molecule has 1 aliphatic heterocycles. The summed E-state index contributed by atoms with van der Waals surface area (Å²) in [6, 6.07) is 0.145. The summed E-state index contributed by atoms with van der Waals surface area (Å²) in [5, 5.41) is 0. The first kappa shape index (κ1) is 12.5. The smallest absolute Gasteiger partial charge is 0.219 e. The molecule has 1 heterocycles. The van der Waals surface area contributed by atoms with E-state index in [1.54, 1.807) is 0 Å². The Labute approximate surface area is 92.0 Å². The predicted molar refractivity (Wildman–Crippen MR) is 61.2 cm³/mol. The number of nitrogens with zero attached hydrogens (tertiary/aromatic N) is 1. The SMILES string of the molecule is CC(C)C1CCN(C(CN)CC(N)=O)C1. The van der Waals surface area contributed by atoms with Crippen molar-refractivity contribution in [3.8, 4) is 0 Å². The molecular weight excluding hydrogens is 190 g/mol. The fraction of sp³-hybridized carbons (Fsp3) is 0.909. The van der Waals surface area contributed by atoms with E-state index >= 15 is 0 Å².